The third kappa shape index (κ3) is 5.35. The summed E-state index contributed by atoms with van der Waals surface area (Å²) in [4.78, 5) is 16.1. The molecule has 0 saturated heterocycles. The molecular weight excluding hydrogens is 457 g/mol. The molecule has 2 aromatic heterocycles. The van der Waals surface area contributed by atoms with E-state index in [1.54, 1.807) is 16.9 Å². The number of aromatic nitrogens is 3. The molecule has 1 unspecified atom stereocenters. The van der Waals surface area contributed by atoms with E-state index in [-0.39, 0.29) is 12.5 Å². The summed E-state index contributed by atoms with van der Waals surface area (Å²) >= 11 is 0. The number of nitrogens with one attached hydrogen (secondary N) is 1. The minimum absolute atomic E-state index is 0.0605. The maximum atomic E-state index is 13.0. The number of nitrogens with zero attached hydrogens (tertiary/aromatic N) is 3. The molecule has 0 spiro atoms. The van der Waals surface area contributed by atoms with Crippen LogP contribution in [0.5, 0.6) is 0 Å². The second-order valence-corrected chi connectivity index (χ2v) is 8.60. The van der Waals surface area contributed by atoms with Crippen LogP contribution in [0.2, 0.25) is 0 Å². The Labute approximate surface area is 200 Å². The van der Waals surface area contributed by atoms with Gasteiger partial charge in [-0.05, 0) is 35.7 Å². The average Bonchev–Trinajstić information content (AvgIpc) is 3.28. The third-order valence-electron chi connectivity index (χ3n) is 5.99. The van der Waals surface area contributed by atoms with Crippen molar-refractivity contribution in [2.24, 2.45) is 0 Å². The van der Waals surface area contributed by atoms with Crippen LogP contribution in [0.3, 0.4) is 0 Å². The maximum absolute atomic E-state index is 13.0. The molecule has 0 fully saturated rings. The van der Waals surface area contributed by atoms with Crippen molar-refractivity contribution in [1.29, 1.82) is 0 Å². The van der Waals surface area contributed by atoms with E-state index in [1.165, 1.54) is 19.2 Å². The number of alkyl halides is 3. The normalized spacial score (nSPS) is 13.5. The lowest BCUT2D eigenvalue weighted by molar-refractivity contribution is -0.139. The van der Waals surface area contributed by atoms with Gasteiger partial charge in [0.1, 0.15) is 0 Å². The van der Waals surface area contributed by atoms with Gasteiger partial charge in [-0.1, -0.05) is 49.4 Å². The number of halogens is 3. The van der Waals surface area contributed by atoms with Crippen molar-refractivity contribution in [1.82, 2.24) is 19.9 Å². The number of methoxy groups -OCH3 is 1. The molecule has 0 bridgehead atoms. The van der Waals surface area contributed by atoms with E-state index < -0.39 is 17.2 Å². The Morgan fingerprint density at radius 1 is 1.06 bits per heavy atom. The van der Waals surface area contributed by atoms with Crippen LogP contribution >= 0.6 is 0 Å². The summed E-state index contributed by atoms with van der Waals surface area (Å²) in [6.45, 7) is 2.58. The number of benzene rings is 2. The molecule has 9 heteroatoms. The number of ether oxygens (including phenoxy) is 1. The number of carbonyl (C=O) groups excluding carboxylic acids is 1. The molecule has 4 rings (SSSR count). The van der Waals surface area contributed by atoms with Gasteiger partial charge in [0, 0.05) is 23.7 Å². The second-order valence-electron chi connectivity index (χ2n) is 8.60. The first-order chi connectivity index (χ1) is 16.7. The van der Waals surface area contributed by atoms with Gasteiger partial charge in [-0.25, -0.2) is 9.50 Å². The zero-order chi connectivity index (χ0) is 25.1. The van der Waals surface area contributed by atoms with Crippen LogP contribution in [-0.4, -0.2) is 40.8 Å². The first-order valence-electron chi connectivity index (χ1n) is 11.0. The quantitative estimate of drug-likeness (QED) is 0.370. The molecule has 2 heterocycles. The van der Waals surface area contributed by atoms with E-state index in [2.05, 4.69) is 22.3 Å². The van der Waals surface area contributed by atoms with Crippen LogP contribution < -0.4 is 5.32 Å². The summed E-state index contributed by atoms with van der Waals surface area (Å²) in [7, 11) is 1.34. The molecule has 0 aliphatic carbocycles. The van der Waals surface area contributed by atoms with E-state index in [9.17, 15) is 18.0 Å². The molecule has 0 radical (unpaired) electrons. The average molecular weight is 483 g/mol. The number of hydrogen-bond acceptors (Lipinski definition) is 5. The molecule has 35 heavy (non-hydrogen) atoms. The Morgan fingerprint density at radius 2 is 1.77 bits per heavy atom. The largest absolute Gasteiger partial charge is 0.468 e. The molecule has 1 atom stereocenters. The van der Waals surface area contributed by atoms with Gasteiger partial charge in [-0.2, -0.15) is 18.3 Å². The van der Waals surface area contributed by atoms with Crippen molar-refractivity contribution < 1.29 is 22.7 Å². The van der Waals surface area contributed by atoms with Gasteiger partial charge in [0.05, 0.1) is 31.1 Å². The number of carbonyl (C=O) groups is 1. The van der Waals surface area contributed by atoms with Crippen LogP contribution in [0.4, 0.5) is 13.2 Å². The molecule has 2 aromatic carbocycles. The summed E-state index contributed by atoms with van der Waals surface area (Å²) in [5.41, 5.74) is 2.50. The predicted molar refractivity (Wildman–Crippen MR) is 126 cm³/mol. The number of rotatable bonds is 8. The van der Waals surface area contributed by atoms with Crippen LogP contribution in [0.25, 0.3) is 16.8 Å². The van der Waals surface area contributed by atoms with Crippen LogP contribution in [0, 0.1) is 0 Å². The Bertz CT molecular complexity index is 1300. The highest BCUT2D eigenvalue weighted by Crippen LogP contribution is 2.33. The Balaban J connectivity index is 1.73. The van der Waals surface area contributed by atoms with Crippen LogP contribution in [-0.2, 0) is 27.5 Å². The SMILES string of the molecule is COC(=O)CNCC(C)(Cc1ccccc1)c1ccnc2c(-c3ccc(C(F)(F)F)cc3)cnn12. The summed E-state index contributed by atoms with van der Waals surface area (Å²) < 4.78 is 45.4. The molecule has 0 saturated carbocycles. The van der Waals surface area contributed by atoms with E-state index in [0.29, 0.717) is 29.7 Å². The monoisotopic (exact) mass is 482 g/mol. The van der Waals surface area contributed by atoms with E-state index >= 15 is 0 Å². The molecule has 182 valence electrons. The Hall–Kier alpha value is -3.72. The zero-order valence-corrected chi connectivity index (χ0v) is 19.3. The molecular formula is C26H25F3N4O2. The van der Waals surface area contributed by atoms with Crippen molar-refractivity contribution in [2.45, 2.75) is 24.9 Å². The summed E-state index contributed by atoms with van der Waals surface area (Å²) in [5, 5.41) is 7.72. The highest BCUT2D eigenvalue weighted by molar-refractivity contribution is 5.77. The van der Waals surface area contributed by atoms with E-state index in [0.717, 1.165) is 23.4 Å². The lowest BCUT2D eigenvalue weighted by Crippen LogP contribution is -2.41. The topological polar surface area (TPSA) is 68.5 Å². The van der Waals surface area contributed by atoms with Crippen molar-refractivity contribution in [3.63, 3.8) is 0 Å². The van der Waals surface area contributed by atoms with Crippen LogP contribution in [0.15, 0.2) is 73.1 Å². The van der Waals surface area contributed by atoms with Gasteiger partial charge < -0.3 is 10.1 Å². The Kier molecular flexibility index (Phi) is 6.88. The number of hydrogen-bond donors (Lipinski definition) is 1. The summed E-state index contributed by atoms with van der Waals surface area (Å²) in [6, 6.07) is 16.8. The highest BCUT2D eigenvalue weighted by Gasteiger charge is 2.32. The predicted octanol–water partition coefficient (Wildman–Crippen LogP) is 4.68. The summed E-state index contributed by atoms with van der Waals surface area (Å²) in [6.07, 6.45) is -0.471. The smallest absolute Gasteiger partial charge is 0.416 e. The van der Waals surface area contributed by atoms with Crippen molar-refractivity contribution in [3.8, 4) is 11.1 Å². The lowest BCUT2D eigenvalue weighted by Gasteiger charge is -2.31. The molecule has 1 N–H and O–H groups in total. The van der Waals surface area contributed by atoms with Crippen molar-refractivity contribution in [2.75, 3.05) is 20.2 Å². The van der Waals surface area contributed by atoms with Crippen LogP contribution in [0.1, 0.15) is 23.7 Å². The first-order valence-corrected chi connectivity index (χ1v) is 11.0. The van der Waals surface area contributed by atoms with E-state index in [4.69, 9.17) is 4.74 Å². The van der Waals surface area contributed by atoms with Crippen molar-refractivity contribution in [3.05, 3.63) is 89.9 Å². The molecule has 6 nitrogen and oxygen atoms in total. The first kappa shape index (κ1) is 24.4. The summed E-state index contributed by atoms with van der Waals surface area (Å²) in [5.74, 6) is -0.365. The van der Waals surface area contributed by atoms with Gasteiger partial charge in [0.25, 0.3) is 0 Å². The maximum Gasteiger partial charge on any atom is 0.416 e. The molecule has 0 amide bonds. The van der Waals surface area contributed by atoms with Crippen molar-refractivity contribution >= 4 is 11.6 Å². The lowest BCUT2D eigenvalue weighted by atomic mass is 9.80. The molecule has 0 aliphatic rings. The number of fused-ring (bicyclic) bond motifs is 1. The van der Waals surface area contributed by atoms with Gasteiger partial charge in [-0.3, -0.25) is 4.79 Å². The van der Waals surface area contributed by atoms with E-state index in [1.807, 2.05) is 36.4 Å². The fraction of sp³-hybridized carbons (Fsp3) is 0.269. The standard InChI is InChI=1S/C26H25F3N4O2/c1-25(17-30-16-23(34)35-2,14-18-6-4-3-5-7-18)22-12-13-31-24-21(15-32-33(22)24)19-8-10-20(11-9-19)26(27,28)29/h3-13,15,30H,14,16-17H2,1-2H3. The number of esters is 1. The molecule has 0 aliphatic heterocycles. The zero-order valence-electron chi connectivity index (χ0n) is 19.3. The fourth-order valence-electron chi connectivity index (χ4n) is 4.19. The Morgan fingerprint density at radius 3 is 2.43 bits per heavy atom. The van der Waals surface area contributed by atoms with Gasteiger partial charge in [0.15, 0.2) is 5.65 Å². The van der Waals surface area contributed by atoms with Gasteiger partial charge in [-0.15, -0.1) is 0 Å². The third-order valence-corrected chi connectivity index (χ3v) is 5.99. The minimum Gasteiger partial charge on any atom is -0.468 e. The minimum atomic E-state index is -4.40. The second kappa shape index (κ2) is 9.87. The fourth-order valence-corrected chi connectivity index (χ4v) is 4.19. The van der Waals surface area contributed by atoms with Gasteiger partial charge in [0.2, 0.25) is 0 Å². The van der Waals surface area contributed by atoms with Gasteiger partial charge >= 0.3 is 12.1 Å². The molecule has 4 aromatic rings. The highest BCUT2D eigenvalue weighted by atomic mass is 19.4.